The molecule has 0 bridgehead atoms. The summed E-state index contributed by atoms with van der Waals surface area (Å²) in [7, 11) is 1.40. The van der Waals surface area contributed by atoms with Crippen molar-refractivity contribution in [1.82, 2.24) is 0 Å². The van der Waals surface area contributed by atoms with Crippen LogP contribution < -0.4 is 11.1 Å². The van der Waals surface area contributed by atoms with Crippen LogP contribution in [-0.2, 0) is 4.74 Å². The SMILES string of the molecule is CCC(CC)Nc1sc(C(=O)OC)c(N)c1C1CC1. The van der Waals surface area contributed by atoms with Gasteiger partial charge in [-0.05, 0) is 31.6 Å². The molecule has 19 heavy (non-hydrogen) atoms. The Labute approximate surface area is 118 Å². The summed E-state index contributed by atoms with van der Waals surface area (Å²) in [6, 6.07) is 0.432. The molecular formula is C14H22N2O2S. The molecule has 2 rings (SSSR count). The van der Waals surface area contributed by atoms with Crippen LogP contribution in [0, 0.1) is 0 Å². The second kappa shape index (κ2) is 5.82. The fourth-order valence-corrected chi connectivity index (χ4v) is 3.47. The first kappa shape index (κ1) is 14.2. The normalized spacial score (nSPS) is 14.7. The summed E-state index contributed by atoms with van der Waals surface area (Å²) in [6.07, 6.45) is 4.45. The number of ether oxygens (including phenoxy) is 1. The molecule has 1 aliphatic rings. The van der Waals surface area contributed by atoms with Gasteiger partial charge in [0.25, 0.3) is 0 Å². The highest BCUT2D eigenvalue weighted by atomic mass is 32.1. The fourth-order valence-electron chi connectivity index (χ4n) is 2.26. The van der Waals surface area contributed by atoms with Gasteiger partial charge in [-0.1, -0.05) is 13.8 Å². The summed E-state index contributed by atoms with van der Waals surface area (Å²) < 4.78 is 4.81. The van der Waals surface area contributed by atoms with Crippen molar-refractivity contribution < 1.29 is 9.53 Å². The monoisotopic (exact) mass is 282 g/mol. The van der Waals surface area contributed by atoms with Crippen LogP contribution in [0.3, 0.4) is 0 Å². The van der Waals surface area contributed by atoms with Crippen molar-refractivity contribution in [2.24, 2.45) is 0 Å². The van der Waals surface area contributed by atoms with Crippen molar-refractivity contribution in [2.45, 2.75) is 51.5 Å². The molecule has 1 aromatic heterocycles. The zero-order valence-electron chi connectivity index (χ0n) is 11.8. The number of thiophene rings is 1. The number of nitrogens with one attached hydrogen (secondary N) is 1. The van der Waals surface area contributed by atoms with E-state index in [-0.39, 0.29) is 5.97 Å². The largest absolute Gasteiger partial charge is 0.465 e. The molecule has 0 radical (unpaired) electrons. The van der Waals surface area contributed by atoms with Gasteiger partial charge in [-0.2, -0.15) is 0 Å². The average molecular weight is 282 g/mol. The first-order valence-electron chi connectivity index (χ1n) is 6.89. The van der Waals surface area contributed by atoms with Crippen molar-refractivity contribution in [3.8, 4) is 0 Å². The number of nitrogens with two attached hydrogens (primary N) is 1. The van der Waals surface area contributed by atoms with Gasteiger partial charge in [0, 0.05) is 11.6 Å². The van der Waals surface area contributed by atoms with Crippen molar-refractivity contribution in [3.05, 3.63) is 10.4 Å². The number of carbonyl (C=O) groups excluding carboxylic acids is 1. The molecule has 5 heteroatoms. The lowest BCUT2D eigenvalue weighted by molar-refractivity contribution is 0.0607. The number of hydrogen-bond donors (Lipinski definition) is 2. The molecule has 1 aromatic rings. The number of hydrogen-bond acceptors (Lipinski definition) is 5. The second-order valence-electron chi connectivity index (χ2n) is 5.01. The van der Waals surface area contributed by atoms with Gasteiger partial charge in [-0.15, -0.1) is 11.3 Å². The predicted molar refractivity (Wildman–Crippen MR) is 80.0 cm³/mol. The molecule has 0 spiro atoms. The van der Waals surface area contributed by atoms with E-state index in [9.17, 15) is 4.79 Å². The van der Waals surface area contributed by atoms with E-state index >= 15 is 0 Å². The van der Waals surface area contributed by atoms with E-state index in [1.165, 1.54) is 31.3 Å². The first-order valence-corrected chi connectivity index (χ1v) is 7.70. The zero-order valence-corrected chi connectivity index (χ0v) is 12.6. The Morgan fingerprint density at radius 2 is 2.11 bits per heavy atom. The highest BCUT2D eigenvalue weighted by molar-refractivity contribution is 7.18. The van der Waals surface area contributed by atoms with Gasteiger partial charge in [0.1, 0.15) is 4.88 Å². The lowest BCUT2D eigenvalue weighted by Crippen LogP contribution is -2.16. The predicted octanol–water partition coefficient (Wildman–Crippen LogP) is 3.59. The standard InChI is InChI=1S/C14H22N2O2S/c1-4-9(5-2)16-13-10(8-6-7-8)11(15)12(19-13)14(17)18-3/h8-9,16H,4-7,15H2,1-3H3. The Balaban J connectivity index is 2.33. The molecule has 1 fully saturated rings. The molecule has 3 N–H and O–H groups in total. The van der Waals surface area contributed by atoms with Crippen molar-refractivity contribution in [2.75, 3.05) is 18.2 Å². The maximum atomic E-state index is 11.7. The minimum Gasteiger partial charge on any atom is -0.465 e. The number of methoxy groups -OCH3 is 1. The van der Waals surface area contributed by atoms with Crippen LogP contribution in [0.15, 0.2) is 0 Å². The van der Waals surface area contributed by atoms with Crippen LogP contribution in [0.4, 0.5) is 10.7 Å². The molecule has 4 nitrogen and oxygen atoms in total. The number of nitrogen functional groups attached to an aromatic ring is 1. The molecule has 0 saturated heterocycles. The molecule has 1 heterocycles. The topological polar surface area (TPSA) is 64.3 Å². The van der Waals surface area contributed by atoms with Crippen molar-refractivity contribution in [3.63, 3.8) is 0 Å². The molecule has 0 aliphatic heterocycles. The highest BCUT2D eigenvalue weighted by Gasteiger charge is 2.33. The Bertz CT molecular complexity index is 462. The third kappa shape index (κ3) is 2.86. The molecule has 1 saturated carbocycles. The van der Waals surface area contributed by atoms with Crippen LogP contribution in [-0.4, -0.2) is 19.1 Å². The minimum atomic E-state index is -0.331. The molecule has 1 aliphatic carbocycles. The average Bonchev–Trinajstić information content (AvgIpc) is 3.20. The quantitative estimate of drug-likeness (QED) is 0.783. The van der Waals surface area contributed by atoms with E-state index in [1.54, 1.807) is 0 Å². The Hall–Kier alpha value is -1.23. The number of anilines is 2. The Morgan fingerprint density at radius 3 is 2.58 bits per heavy atom. The van der Waals surface area contributed by atoms with E-state index in [1.807, 2.05) is 0 Å². The van der Waals surface area contributed by atoms with Crippen LogP contribution in [0.5, 0.6) is 0 Å². The maximum Gasteiger partial charge on any atom is 0.350 e. The summed E-state index contributed by atoms with van der Waals surface area (Å²) in [5.41, 5.74) is 7.90. The summed E-state index contributed by atoms with van der Waals surface area (Å²) >= 11 is 1.44. The third-order valence-corrected chi connectivity index (χ3v) is 4.79. The van der Waals surface area contributed by atoms with Gasteiger partial charge < -0.3 is 15.8 Å². The lowest BCUT2D eigenvalue weighted by Gasteiger charge is -2.16. The molecular weight excluding hydrogens is 260 g/mol. The van der Waals surface area contributed by atoms with Crippen LogP contribution in [0.1, 0.15) is 60.7 Å². The number of carbonyl (C=O) groups is 1. The molecule has 0 unspecified atom stereocenters. The zero-order chi connectivity index (χ0) is 14.0. The van der Waals surface area contributed by atoms with E-state index < -0.39 is 0 Å². The number of esters is 1. The Morgan fingerprint density at radius 1 is 1.47 bits per heavy atom. The molecule has 0 amide bonds. The van der Waals surface area contributed by atoms with E-state index in [2.05, 4.69) is 19.2 Å². The summed E-state index contributed by atoms with van der Waals surface area (Å²) in [4.78, 5) is 12.3. The van der Waals surface area contributed by atoms with Gasteiger partial charge >= 0.3 is 5.97 Å². The van der Waals surface area contributed by atoms with Gasteiger partial charge in [0.15, 0.2) is 0 Å². The van der Waals surface area contributed by atoms with E-state index in [0.29, 0.717) is 22.5 Å². The van der Waals surface area contributed by atoms with Gasteiger partial charge in [0.05, 0.1) is 17.8 Å². The van der Waals surface area contributed by atoms with Crippen molar-refractivity contribution >= 4 is 28.0 Å². The smallest absolute Gasteiger partial charge is 0.350 e. The summed E-state index contributed by atoms with van der Waals surface area (Å²) in [5, 5.41) is 4.60. The van der Waals surface area contributed by atoms with E-state index in [0.717, 1.165) is 23.4 Å². The van der Waals surface area contributed by atoms with Gasteiger partial charge in [0.2, 0.25) is 0 Å². The Kier molecular flexibility index (Phi) is 4.34. The van der Waals surface area contributed by atoms with E-state index in [4.69, 9.17) is 10.5 Å². The maximum absolute atomic E-state index is 11.7. The lowest BCUT2D eigenvalue weighted by atomic mass is 10.1. The molecule has 0 aromatic carbocycles. The summed E-state index contributed by atoms with van der Waals surface area (Å²) in [5.74, 6) is 0.188. The van der Waals surface area contributed by atoms with Crippen LogP contribution in [0.2, 0.25) is 0 Å². The van der Waals surface area contributed by atoms with Crippen molar-refractivity contribution in [1.29, 1.82) is 0 Å². The first-order chi connectivity index (χ1) is 9.12. The molecule has 106 valence electrons. The molecule has 0 atom stereocenters. The van der Waals surface area contributed by atoms with Crippen LogP contribution in [0.25, 0.3) is 0 Å². The second-order valence-corrected chi connectivity index (χ2v) is 6.03. The fraction of sp³-hybridized carbons (Fsp3) is 0.643. The minimum absolute atomic E-state index is 0.331. The highest BCUT2D eigenvalue weighted by Crippen LogP contribution is 2.51. The number of rotatable bonds is 6. The van der Waals surface area contributed by atoms with Gasteiger partial charge in [-0.25, -0.2) is 4.79 Å². The third-order valence-electron chi connectivity index (χ3n) is 3.66. The van der Waals surface area contributed by atoms with Crippen LogP contribution >= 0.6 is 11.3 Å². The summed E-state index contributed by atoms with van der Waals surface area (Å²) in [6.45, 7) is 4.33. The van der Waals surface area contributed by atoms with Gasteiger partial charge in [-0.3, -0.25) is 0 Å².